The molecule has 0 aromatic heterocycles. The standard InChI is InChI=1S/C14H9BrFNO3/c15-8-5-6-12(10(7-8)14(19)20)17-13(18)9-3-1-2-4-11(9)16/h1-7H,(H,17,18)(H,19,20)/p-1. The summed E-state index contributed by atoms with van der Waals surface area (Å²) in [4.78, 5) is 22.9. The van der Waals surface area contributed by atoms with Gasteiger partial charge >= 0.3 is 0 Å². The lowest BCUT2D eigenvalue weighted by Gasteiger charge is -2.12. The van der Waals surface area contributed by atoms with E-state index in [9.17, 15) is 19.1 Å². The van der Waals surface area contributed by atoms with E-state index in [2.05, 4.69) is 21.2 Å². The Morgan fingerprint density at radius 3 is 2.45 bits per heavy atom. The molecule has 20 heavy (non-hydrogen) atoms. The van der Waals surface area contributed by atoms with E-state index in [0.29, 0.717) is 4.47 Å². The Hall–Kier alpha value is -2.21. The maximum absolute atomic E-state index is 13.5. The van der Waals surface area contributed by atoms with Crippen molar-refractivity contribution in [1.82, 2.24) is 0 Å². The van der Waals surface area contributed by atoms with Crippen molar-refractivity contribution in [3.63, 3.8) is 0 Å². The topological polar surface area (TPSA) is 69.2 Å². The fourth-order valence-corrected chi connectivity index (χ4v) is 1.99. The Morgan fingerprint density at radius 1 is 1.10 bits per heavy atom. The third kappa shape index (κ3) is 3.03. The number of nitrogens with one attached hydrogen (secondary N) is 1. The van der Waals surface area contributed by atoms with E-state index in [0.717, 1.165) is 6.07 Å². The number of carboxylic acids is 1. The van der Waals surface area contributed by atoms with Crippen LogP contribution in [0.2, 0.25) is 0 Å². The highest BCUT2D eigenvalue weighted by Crippen LogP contribution is 2.21. The second kappa shape index (κ2) is 5.83. The zero-order chi connectivity index (χ0) is 14.7. The van der Waals surface area contributed by atoms with Gasteiger partial charge in [-0.05, 0) is 30.3 Å². The molecule has 2 aromatic rings. The summed E-state index contributed by atoms with van der Waals surface area (Å²) in [6, 6.07) is 9.68. The maximum Gasteiger partial charge on any atom is 0.258 e. The molecule has 0 aliphatic rings. The van der Waals surface area contributed by atoms with Gasteiger partial charge in [-0.1, -0.05) is 28.1 Å². The quantitative estimate of drug-likeness (QED) is 0.934. The lowest BCUT2D eigenvalue weighted by Crippen LogP contribution is -2.25. The van der Waals surface area contributed by atoms with E-state index in [1.807, 2.05) is 0 Å². The molecule has 2 rings (SSSR count). The minimum atomic E-state index is -1.44. The van der Waals surface area contributed by atoms with E-state index in [1.165, 1.54) is 30.3 Å². The van der Waals surface area contributed by atoms with Crippen molar-refractivity contribution in [2.75, 3.05) is 5.32 Å². The smallest absolute Gasteiger partial charge is 0.258 e. The van der Waals surface area contributed by atoms with E-state index >= 15 is 0 Å². The molecule has 2 aromatic carbocycles. The SMILES string of the molecule is O=C(Nc1ccc(Br)cc1C(=O)[O-])c1ccccc1F. The molecule has 0 unspecified atom stereocenters. The second-order valence-electron chi connectivity index (χ2n) is 3.91. The molecule has 0 saturated heterocycles. The average molecular weight is 337 g/mol. The van der Waals surface area contributed by atoms with Crippen molar-refractivity contribution >= 4 is 33.5 Å². The molecule has 0 heterocycles. The molecule has 0 saturated carbocycles. The van der Waals surface area contributed by atoms with Gasteiger partial charge in [-0.3, -0.25) is 4.79 Å². The molecule has 0 aliphatic carbocycles. The van der Waals surface area contributed by atoms with Crippen LogP contribution in [0, 0.1) is 5.82 Å². The minimum absolute atomic E-state index is 0.0430. The number of benzene rings is 2. The van der Waals surface area contributed by atoms with Crippen LogP contribution in [0.4, 0.5) is 10.1 Å². The molecule has 0 spiro atoms. The van der Waals surface area contributed by atoms with Crippen LogP contribution < -0.4 is 10.4 Å². The van der Waals surface area contributed by atoms with Crippen molar-refractivity contribution in [1.29, 1.82) is 0 Å². The molecule has 0 bridgehead atoms. The number of carboxylic acid groups (broad SMARTS) is 1. The first kappa shape index (κ1) is 14.2. The highest BCUT2D eigenvalue weighted by atomic mass is 79.9. The molecule has 0 radical (unpaired) electrons. The van der Waals surface area contributed by atoms with Crippen LogP contribution in [-0.4, -0.2) is 11.9 Å². The van der Waals surface area contributed by atoms with Crippen LogP contribution in [0.1, 0.15) is 20.7 Å². The number of carbonyl (C=O) groups excluding carboxylic acids is 2. The summed E-state index contributed by atoms with van der Waals surface area (Å²) in [6.07, 6.45) is 0. The van der Waals surface area contributed by atoms with Gasteiger partial charge in [0.15, 0.2) is 0 Å². The van der Waals surface area contributed by atoms with Gasteiger partial charge in [0, 0.05) is 10.0 Å². The van der Waals surface area contributed by atoms with E-state index in [1.54, 1.807) is 6.07 Å². The predicted octanol–water partition coefficient (Wildman–Crippen LogP) is 2.20. The van der Waals surface area contributed by atoms with Gasteiger partial charge in [0.2, 0.25) is 0 Å². The van der Waals surface area contributed by atoms with Crippen LogP contribution in [0.3, 0.4) is 0 Å². The Labute approximate surface area is 122 Å². The Balaban J connectivity index is 2.33. The summed E-state index contributed by atoms with van der Waals surface area (Å²) in [5.41, 5.74) is -0.315. The predicted molar refractivity (Wildman–Crippen MR) is 72.8 cm³/mol. The minimum Gasteiger partial charge on any atom is -0.545 e. The van der Waals surface area contributed by atoms with Crippen molar-refractivity contribution in [2.45, 2.75) is 0 Å². The first-order valence-electron chi connectivity index (χ1n) is 5.56. The lowest BCUT2D eigenvalue weighted by molar-refractivity contribution is -0.254. The molecule has 0 aliphatic heterocycles. The second-order valence-corrected chi connectivity index (χ2v) is 4.83. The molecule has 1 N–H and O–H groups in total. The van der Waals surface area contributed by atoms with Crippen LogP contribution in [0.15, 0.2) is 46.9 Å². The van der Waals surface area contributed by atoms with E-state index < -0.39 is 17.7 Å². The van der Waals surface area contributed by atoms with E-state index in [-0.39, 0.29) is 16.8 Å². The largest absolute Gasteiger partial charge is 0.545 e. The van der Waals surface area contributed by atoms with Gasteiger partial charge in [0.25, 0.3) is 5.91 Å². The average Bonchev–Trinajstić information content (AvgIpc) is 2.41. The summed E-state index contributed by atoms with van der Waals surface area (Å²) < 4.78 is 14.0. The van der Waals surface area contributed by atoms with Crippen molar-refractivity contribution in [2.24, 2.45) is 0 Å². The molecule has 6 heteroatoms. The third-order valence-corrected chi connectivity index (χ3v) is 3.06. The highest BCUT2D eigenvalue weighted by Gasteiger charge is 2.13. The number of amides is 1. The Morgan fingerprint density at radius 2 is 1.80 bits per heavy atom. The number of halogens is 2. The summed E-state index contributed by atoms with van der Waals surface area (Å²) >= 11 is 3.12. The molecule has 0 atom stereocenters. The lowest BCUT2D eigenvalue weighted by atomic mass is 10.1. The van der Waals surface area contributed by atoms with Gasteiger partial charge in [0.05, 0.1) is 17.2 Å². The Kier molecular flexibility index (Phi) is 4.14. The molecule has 0 fully saturated rings. The zero-order valence-corrected chi connectivity index (χ0v) is 11.6. The van der Waals surface area contributed by atoms with Crippen LogP contribution in [0.25, 0.3) is 0 Å². The van der Waals surface area contributed by atoms with Crippen molar-refractivity contribution < 1.29 is 19.1 Å². The fraction of sp³-hybridized carbons (Fsp3) is 0. The molecule has 1 amide bonds. The highest BCUT2D eigenvalue weighted by molar-refractivity contribution is 9.10. The first-order valence-corrected chi connectivity index (χ1v) is 6.35. The van der Waals surface area contributed by atoms with Crippen LogP contribution in [-0.2, 0) is 0 Å². The number of aromatic carboxylic acids is 1. The molecule has 102 valence electrons. The normalized spacial score (nSPS) is 10.1. The van der Waals surface area contributed by atoms with E-state index in [4.69, 9.17) is 0 Å². The number of rotatable bonds is 3. The number of anilines is 1. The van der Waals surface area contributed by atoms with Crippen LogP contribution >= 0.6 is 15.9 Å². The van der Waals surface area contributed by atoms with Crippen LogP contribution in [0.5, 0.6) is 0 Å². The molecular formula is C14H8BrFNO3-. The van der Waals surface area contributed by atoms with Gasteiger partial charge in [-0.25, -0.2) is 4.39 Å². The molecule has 4 nitrogen and oxygen atoms in total. The number of hydrogen-bond acceptors (Lipinski definition) is 3. The molecular weight excluding hydrogens is 329 g/mol. The maximum atomic E-state index is 13.5. The van der Waals surface area contributed by atoms with Gasteiger partial charge in [0.1, 0.15) is 5.82 Å². The number of carbonyl (C=O) groups is 2. The fourth-order valence-electron chi connectivity index (χ4n) is 1.63. The summed E-state index contributed by atoms with van der Waals surface area (Å²) in [5.74, 6) is -2.85. The van der Waals surface area contributed by atoms with Gasteiger partial charge < -0.3 is 15.2 Å². The van der Waals surface area contributed by atoms with Gasteiger partial charge in [-0.2, -0.15) is 0 Å². The van der Waals surface area contributed by atoms with Gasteiger partial charge in [-0.15, -0.1) is 0 Å². The Bertz CT molecular complexity index is 688. The van der Waals surface area contributed by atoms with Crippen molar-refractivity contribution in [3.05, 3.63) is 63.9 Å². The van der Waals surface area contributed by atoms with Crippen molar-refractivity contribution in [3.8, 4) is 0 Å². The zero-order valence-electron chi connectivity index (χ0n) is 10.0. The summed E-state index contributed by atoms with van der Waals surface area (Å²) in [7, 11) is 0. The monoisotopic (exact) mass is 336 g/mol. The summed E-state index contributed by atoms with van der Waals surface area (Å²) in [5, 5.41) is 13.4. The first-order chi connectivity index (χ1) is 9.49. The summed E-state index contributed by atoms with van der Waals surface area (Å²) in [6.45, 7) is 0. The number of hydrogen-bond donors (Lipinski definition) is 1. The third-order valence-electron chi connectivity index (χ3n) is 2.57.